The van der Waals surface area contributed by atoms with Gasteiger partial charge in [-0.05, 0) is 24.6 Å². The van der Waals surface area contributed by atoms with Crippen molar-refractivity contribution >= 4 is 11.6 Å². The van der Waals surface area contributed by atoms with Gasteiger partial charge in [-0.15, -0.1) is 0 Å². The predicted molar refractivity (Wildman–Crippen MR) is 75.5 cm³/mol. The predicted octanol–water partition coefficient (Wildman–Crippen LogP) is 1.82. The summed E-state index contributed by atoms with van der Waals surface area (Å²) >= 11 is 0. The van der Waals surface area contributed by atoms with E-state index in [1.807, 2.05) is 0 Å². The van der Waals surface area contributed by atoms with Gasteiger partial charge >= 0.3 is 0 Å². The third kappa shape index (κ3) is 5.18. The molecule has 1 aromatic carbocycles. The number of unbranched alkanes of at least 4 members (excludes halogenated alkanes) is 1. The van der Waals surface area contributed by atoms with E-state index in [-0.39, 0.29) is 5.91 Å². The number of carbonyl (C=O) groups is 1. The van der Waals surface area contributed by atoms with Gasteiger partial charge in [-0.3, -0.25) is 4.79 Å². The minimum Gasteiger partial charge on any atom is -0.489 e. The topological polar surface area (TPSA) is 73.6 Å². The Morgan fingerprint density at radius 3 is 2.74 bits per heavy atom. The zero-order chi connectivity index (χ0) is 14.1. The Morgan fingerprint density at radius 1 is 1.32 bits per heavy atom. The van der Waals surface area contributed by atoms with Crippen molar-refractivity contribution in [1.82, 2.24) is 5.32 Å². The van der Waals surface area contributed by atoms with Crippen molar-refractivity contribution in [2.45, 2.75) is 19.8 Å². The molecule has 0 aliphatic rings. The van der Waals surface area contributed by atoms with Crippen LogP contribution in [0.4, 0.5) is 5.69 Å². The van der Waals surface area contributed by atoms with Crippen LogP contribution in [0.5, 0.6) is 5.75 Å². The molecule has 0 atom stereocenters. The highest BCUT2D eigenvalue weighted by atomic mass is 16.5. The number of amides is 1. The molecule has 1 amide bonds. The van der Waals surface area contributed by atoms with Gasteiger partial charge in [0, 0.05) is 19.2 Å². The largest absolute Gasteiger partial charge is 0.489 e. The molecule has 0 aromatic heterocycles. The van der Waals surface area contributed by atoms with E-state index in [2.05, 4.69) is 12.2 Å². The normalized spacial score (nSPS) is 10.2. The fourth-order valence-electron chi connectivity index (χ4n) is 1.52. The average molecular weight is 266 g/mol. The maximum atomic E-state index is 11.4. The second kappa shape index (κ2) is 8.37. The Bertz CT molecular complexity index is 408. The summed E-state index contributed by atoms with van der Waals surface area (Å²) in [6.07, 6.45) is 2.18. The minimum atomic E-state index is -0.166. The van der Waals surface area contributed by atoms with E-state index in [1.54, 1.807) is 25.2 Å². The van der Waals surface area contributed by atoms with E-state index in [9.17, 15) is 4.79 Å². The zero-order valence-corrected chi connectivity index (χ0v) is 11.6. The maximum absolute atomic E-state index is 11.4. The molecule has 106 valence electrons. The van der Waals surface area contributed by atoms with Gasteiger partial charge in [-0.1, -0.05) is 13.3 Å². The molecule has 5 nitrogen and oxygen atoms in total. The number of nitrogens with two attached hydrogens (primary N) is 1. The lowest BCUT2D eigenvalue weighted by Crippen LogP contribution is -2.18. The van der Waals surface area contributed by atoms with Gasteiger partial charge in [-0.2, -0.15) is 0 Å². The van der Waals surface area contributed by atoms with Crippen molar-refractivity contribution in [2.24, 2.45) is 0 Å². The molecule has 1 rings (SSSR count). The Labute approximate surface area is 114 Å². The molecule has 0 fully saturated rings. The Hall–Kier alpha value is -1.75. The number of anilines is 1. The third-order valence-electron chi connectivity index (χ3n) is 2.63. The quantitative estimate of drug-likeness (QED) is 0.556. The Morgan fingerprint density at radius 2 is 2.11 bits per heavy atom. The van der Waals surface area contributed by atoms with E-state index < -0.39 is 0 Å². The zero-order valence-electron chi connectivity index (χ0n) is 11.6. The SMILES string of the molecule is CCCCOCCOc1ccc(C(=O)NC)cc1N. The molecule has 19 heavy (non-hydrogen) atoms. The molecule has 0 radical (unpaired) electrons. The van der Waals surface area contributed by atoms with Crippen LogP contribution in [0.25, 0.3) is 0 Å². The molecule has 0 aliphatic carbocycles. The van der Waals surface area contributed by atoms with Gasteiger partial charge in [0.05, 0.1) is 12.3 Å². The lowest BCUT2D eigenvalue weighted by molar-refractivity contribution is 0.0960. The van der Waals surface area contributed by atoms with Crippen LogP contribution in [0.1, 0.15) is 30.1 Å². The van der Waals surface area contributed by atoms with Gasteiger partial charge in [-0.25, -0.2) is 0 Å². The fraction of sp³-hybridized carbons (Fsp3) is 0.500. The van der Waals surface area contributed by atoms with Gasteiger partial charge in [0.15, 0.2) is 0 Å². The number of carbonyl (C=O) groups excluding carboxylic acids is 1. The number of nitrogens with one attached hydrogen (secondary N) is 1. The van der Waals surface area contributed by atoms with Crippen molar-refractivity contribution in [3.63, 3.8) is 0 Å². The van der Waals surface area contributed by atoms with E-state index in [0.29, 0.717) is 30.2 Å². The highest BCUT2D eigenvalue weighted by Gasteiger charge is 2.07. The van der Waals surface area contributed by atoms with Crippen molar-refractivity contribution in [2.75, 3.05) is 32.6 Å². The summed E-state index contributed by atoms with van der Waals surface area (Å²) in [6, 6.07) is 4.99. The number of hydrogen-bond acceptors (Lipinski definition) is 4. The average Bonchev–Trinajstić information content (AvgIpc) is 2.43. The lowest BCUT2D eigenvalue weighted by atomic mass is 10.2. The summed E-state index contributed by atoms with van der Waals surface area (Å²) < 4.78 is 10.9. The second-order valence-corrected chi connectivity index (χ2v) is 4.15. The van der Waals surface area contributed by atoms with Crippen LogP contribution in [-0.2, 0) is 4.74 Å². The lowest BCUT2D eigenvalue weighted by Gasteiger charge is -2.10. The van der Waals surface area contributed by atoms with Gasteiger partial charge in [0.1, 0.15) is 12.4 Å². The summed E-state index contributed by atoms with van der Waals surface area (Å²) in [5.41, 5.74) is 6.80. The fourth-order valence-corrected chi connectivity index (χ4v) is 1.52. The first-order chi connectivity index (χ1) is 9.19. The van der Waals surface area contributed by atoms with Crippen LogP contribution in [-0.4, -0.2) is 32.8 Å². The summed E-state index contributed by atoms with van der Waals surface area (Å²) in [5.74, 6) is 0.410. The molecular formula is C14H22N2O3. The summed E-state index contributed by atoms with van der Waals surface area (Å²) in [6.45, 7) is 3.86. The molecule has 0 heterocycles. The second-order valence-electron chi connectivity index (χ2n) is 4.15. The molecule has 1 aromatic rings. The van der Waals surface area contributed by atoms with Crippen LogP contribution in [0.2, 0.25) is 0 Å². The van der Waals surface area contributed by atoms with E-state index in [0.717, 1.165) is 19.4 Å². The molecule has 0 bridgehead atoms. The molecular weight excluding hydrogens is 244 g/mol. The minimum absolute atomic E-state index is 0.166. The molecule has 0 saturated heterocycles. The molecule has 3 N–H and O–H groups in total. The maximum Gasteiger partial charge on any atom is 0.251 e. The van der Waals surface area contributed by atoms with Crippen LogP contribution in [0, 0.1) is 0 Å². The van der Waals surface area contributed by atoms with Crippen LogP contribution < -0.4 is 15.8 Å². The smallest absolute Gasteiger partial charge is 0.251 e. The molecule has 0 saturated carbocycles. The van der Waals surface area contributed by atoms with E-state index in [4.69, 9.17) is 15.2 Å². The van der Waals surface area contributed by atoms with Gasteiger partial charge < -0.3 is 20.5 Å². The number of nitrogen functional groups attached to an aromatic ring is 1. The monoisotopic (exact) mass is 266 g/mol. The Kier molecular flexibility index (Phi) is 6.74. The highest BCUT2D eigenvalue weighted by molar-refractivity contribution is 5.95. The van der Waals surface area contributed by atoms with Crippen molar-refractivity contribution in [1.29, 1.82) is 0 Å². The number of hydrogen-bond donors (Lipinski definition) is 2. The first kappa shape index (κ1) is 15.3. The Balaban J connectivity index is 2.40. The van der Waals surface area contributed by atoms with E-state index in [1.165, 1.54) is 0 Å². The third-order valence-corrected chi connectivity index (χ3v) is 2.63. The van der Waals surface area contributed by atoms with Crippen LogP contribution in [0.15, 0.2) is 18.2 Å². The van der Waals surface area contributed by atoms with E-state index >= 15 is 0 Å². The van der Waals surface area contributed by atoms with Crippen molar-refractivity contribution < 1.29 is 14.3 Å². The standard InChI is InChI=1S/C14H22N2O3/c1-3-4-7-18-8-9-19-13-6-5-11(10-12(13)15)14(17)16-2/h5-6,10H,3-4,7-9,15H2,1-2H3,(H,16,17). The number of benzene rings is 1. The first-order valence-corrected chi connectivity index (χ1v) is 6.51. The summed E-state index contributed by atoms with van der Waals surface area (Å²) in [7, 11) is 1.58. The van der Waals surface area contributed by atoms with Crippen molar-refractivity contribution in [3.05, 3.63) is 23.8 Å². The number of ether oxygens (including phenoxy) is 2. The molecule has 0 aliphatic heterocycles. The van der Waals surface area contributed by atoms with Crippen LogP contribution in [0.3, 0.4) is 0 Å². The number of rotatable bonds is 8. The first-order valence-electron chi connectivity index (χ1n) is 6.51. The molecule has 0 unspecified atom stereocenters. The van der Waals surface area contributed by atoms with Gasteiger partial charge in [0.2, 0.25) is 0 Å². The van der Waals surface area contributed by atoms with Gasteiger partial charge in [0.25, 0.3) is 5.91 Å². The molecule has 5 heteroatoms. The summed E-state index contributed by atoms with van der Waals surface area (Å²) in [5, 5.41) is 2.54. The molecule has 0 spiro atoms. The summed E-state index contributed by atoms with van der Waals surface area (Å²) in [4.78, 5) is 11.4. The highest BCUT2D eigenvalue weighted by Crippen LogP contribution is 2.22. The van der Waals surface area contributed by atoms with Crippen molar-refractivity contribution in [3.8, 4) is 5.75 Å². The van der Waals surface area contributed by atoms with Crippen LogP contribution >= 0.6 is 0 Å².